The highest BCUT2D eigenvalue weighted by atomic mass is 32.2. The number of nitrogens with zero attached hydrogens (tertiary/aromatic N) is 4. The number of nitrogens with one attached hydrogen (secondary N) is 1. The van der Waals surface area contributed by atoms with Gasteiger partial charge in [0.25, 0.3) is 0 Å². The lowest BCUT2D eigenvalue weighted by atomic mass is 10.2. The van der Waals surface area contributed by atoms with Gasteiger partial charge in [-0.2, -0.15) is 0 Å². The number of rotatable bonds is 8. The average molecular weight is 408 g/mol. The minimum atomic E-state index is -0.0781. The first-order chi connectivity index (χ1) is 14.0. The van der Waals surface area contributed by atoms with Crippen LogP contribution in [0.25, 0.3) is 11.4 Å². The fraction of sp³-hybridized carbons (Fsp3) is 0.227. The molecule has 7 heteroatoms. The predicted molar refractivity (Wildman–Crippen MR) is 121 cm³/mol. The van der Waals surface area contributed by atoms with Crippen LogP contribution in [0, 0.1) is 6.92 Å². The molecule has 6 nitrogen and oxygen atoms in total. The van der Waals surface area contributed by atoms with Crippen molar-refractivity contribution in [2.45, 2.75) is 18.6 Å². The van der Waals surface area contributed by atoms with Gasteiger partial charge in [-0.1, -0.05) is 30.0 Å². The number of aromatic nitrogens is 3. The van der Waals surface area contributed by atoms with Gasteiger partial charge in [0.2, 0.25) is 5.91 Å². The van der Waals surface area contributed by atoms with Crippen LogP contribution in [0.3, 0.4) is 0 Å². The van der Waals surface area contributed by atoms with Gasteiger partial charge in [0.05, 0.1) is 5.75 Å². The van der Waals surface area contributed by atoms with Crippen LogP contribution in [0.4, 0.5) is 11.4 Å². The molecule has 29 heavy (non-hydrogen) atoms. The molecule has 1 heterocycles. The molecular formula is C22H25N5OS. The molecule has 0 radical (unpaired) electrons. The van der Waals surface area contributed by atoms with Gasteiger partial charge < -0.3 is 10.2 Å². The molecular weight excluding hydrogens is 382 g/mol. The van der Waals surface area contributed by atoms with Crippen LogP contribution >= 0.6 is 11.8 Å². The summed E-state index contributed by atoms with van der Waals surface area (Å²) in [5.74, 6) is 0.936. The molecule has 0 aliphatic heterocycles. The Morgan fingerprint density at radius 2 is 1.97 bits per heavy atom. The van der Waals surface area contributed by atoms with Gasteiger partial charge >= 0.3 is 0 Å². The zero-order chi connectivity index (χ0) is 20.8. The maximum Gasteiger partial charge on any atom is 0.234 e. The van der Waals surface area contributed by atoms with Crippen LogP contribution in [0.5, 0.6) is 0 Å². The second-order valence-corrected chi connectivity index (χ2v) is 7.80. The predicted octanol–water partition coefficient (Wildman–Crippen LogP) is 4.24. The third kappa shape index (κ3) is 5.26. The van der Waals surface area contributed by atoms with Crippen LogP contribution in [0.2, 0.25) is 0 Å². The summed E-state index contributed by atoms with van der Waals surface area (Å²) in [6.07, 6.45) is 1.80. The zero-order valence-corrected chi connectivity index (χ0v) is 17.7. The molecule has 1 amide bonds. The number of hydrogen-bond donors (Lipinski definition) is 1. The van der Waals surface area contributed by atoms with Gasteiger partial charge in [0.15, 0.2) is 11.0 Å². The van der Waals surface area contributed by atoms with Crippen LogP contribution < -0.4 is 10.2 Å². The number of carbonyl (C=O) groups excluding carboxylic acids is 1. The van der Waals surface area contributed by atoms with Crippen molar-refractivity contribution in [3.63, 3.8) is 0 Å². The Labute approximate surface area is 175 Å². The van der Waals surface area contributed by atoms with Gasteiger partial charge in [0.1, 0.15) is 0 Å². The minimum absolute atomic E-state index is 0.0781. The largest absolute Gasteiger partial charge is 0.378 e. The summed E-state index contributed by atoms with van der Waals surface area (Å²) in [6, 6.07) is 15.9. The number of benzene rings is 2. The number of aryl methyl sites for hydroxylation is 1. The molecule has 0 aliphatic carbocycles. The van der Waals surface area contributed by atoms with Crippen molar-refractivity contribution in [2.75, 3.05) is 30.1 Å². The Balaban J connectivity index is 1.72. The molecule has 0 spiro atoms. The van der Waals surface area contributed by atoms with E-state index in [0.717, 1.165) is 28.3 Å². The molecule has 0 fully saturated rings. The molecule has 0 saturated heterocycles. The normalized spacial score (nSPS) is 10.6. The van der Waals surface area contributed by atoms with Crippen molar-refractivity contribution in [1.82, 2.24) is 14.8 Å². The van der Waals surface area contributed by atoms with Crippen LogP contribution in [-0.4, -0.2) is 40.5 Å². The van der Waals surface area contributed by atoms with Crippen molar-refractivity contribution < 1.29 is 4.79 Å². The van der Waals surface area contributed by atoms with Gasteiger partial charge in [-0.05, 0) is 48.9 Å². The molecule has 1 N–H and O–H groups in total. The van der Waals surface area contributed by atoms with Crippen LogP contribution in [0.1, 0.15) is 5.56 Å². The number of amides is 1. The van der Waals surface area contributed by atoms with Crippen molar-refractivity contribution >= 4 is 29.0 Å². The van der Waals surface area contributed by atoms with Crippen LogP contribution in [0.15, 0.2) is 66.3 Å². The Kier molecular flexibility index (Phi) is 6.72. The monoisotopic (exact) mass is 407 g/mol. The van der Waals surface area contributed by atoms with E-state index in [2.05, 4.69) is 22.1 Å². The fourth-order valence-corrected chi connectivity index (χ4v) is 3.61. The quantitative estimate of drug-likeness (QED) is 0.447. The van der Waals surface area contributed by atoms with E-state index in [-0.39, 0.29) is 11.7 Å². The first-order valence-corrected chi connectivity index (χ1v) is 10.3. The van der Waals surface area contributed by atoms with Crippen molar-refractivity contribution in [3.05, 3.63) is 66.7 Å². The maximum absolute atomic E-state index is 12.3. The molecule has 0 atom stereocenters. The summed E-state index contributed by atoms with van der Waals surface area (Å²) in [7, 11) is 4.01. The standard InChI is InChI=1S/C22H25N5OS/c1-5-13-27-21(17-9-11-19(12-10-17)26(3)4)24-25-22(27)29-15-20(28)23-18-8-6-7-16(2)14-18/h5-12,14H,1,13,15H2,2-4H3,(H,23,28). The first-order valence-electron chi connectivity index (χ1n) is 9.29. The molecule has 0 saturated carbocycles. The van der Waals surface area contributed by atoms with Crippen LogP contribution in [-0.2, 0) is 11.3 Å². The highest BCUT2D eigenvalue weighted by Gasteiger charge is 2.15. The van der Waals surface area contributed by atoms with Gasteiger partial charge in [-0.25, -0.2) is 0 Å². The van der Waals surface area contributed by atoms with Crippen molar-refractivity contribution in [1.29, 1.82) is 0 Å². The highest BCUT2D eigenvalue weighted by Crippen LogP contribution is 2.26. The van der Waals surface area contributed by atoms with E-state index in [9.17, 15) is 4.79 Å². The SMILES string of the molecule is C=CCn1c(SCC(=O)Nc2cccc(C)c2)nnc1-c1ccc(N(C)C)cc1. The van der Waals surface area contributed by atoms with Gasteiger partial charge in [0, 0.05) is 37.6 Å². The zero-order valence-electron chi connectivity index (χ0n) is 16.9. The van der Waals surface area contributed by atoms with Gasteiger partial charge in [-0.15, -0.1) is 16.8 Å². The summed E-state index contributed by atoms with van der Waals surface area (Å²) in [5, 5.41) is 12.3. The van der Waals surface area contributed by atoms with Crippen molar-refractivity contribution in [3.8, 4) is 11.4 Å². The lowest BCUT2D eigenvalue weighted by Gasteiger charge is -2.13. The molecule has 0 bridgehead atoms. The smallest absolute Gasteiger partial charge is 0.234 e. The van der Waals surface area contributed by atoms with E-state index in [1.54, 1.807) is 6.08 Å². The van der Waals surface area contributed by atoms with E-state index in [1.165, 1.54) is 11.8 Å². The summed E-state index contributed by atoms with van der Waals surface area (Å²) in [6.45, 7) is 6.40. The molecule has 150 valence electrons. The third-order valence-electron chi connectivity index (χ3n) is 4.30. The minimum Gasteiger partial charge on any atom is -0.378 e. The number of allylic oxidation sites excluding steroid dienone is 1. The number of carbonyl (C=O) groups is 1. The molecule has 0 aliphatic rings. The Bertz CT molecular complexity index is 995. The topological polar surface area (TPSA) is 63.1 Å². The summed E-state index contributed by atoms with van der Waals surface area (Å²) in [5.41, 5.74) is 3.99. The van der Waals surface area contributed by atoms with Crippen molar-refractivity contribution in [2.24, 2.45) is 0 Å². The Morgan fingerprint density at radius 1 is 1.21 bits per heavy atom. The molecule has 3 rings (SSSR count). The van der Waals surface area contributed by atoms with E-state index in [4.69, 9.17) is 0 Å². The number of hydrogen-bond acceptors (Lipinski definition) is 5. The van der Waals surface area contributed by atoms with E-state index < -0.39 is 0 Å². The molecule has 0 unspecified atom stereocenters. The molecule has 3 aromatic rings. The fourth-order valence-electron chi connectivity index (χ4n) is 2.86. The average Bonchev–Trinajstić information content (AvgIpc) is 3.09. The number of anilines is 2. The van der Waals surface area contributed by atoms with E-state index in [1.807, 2.05) is 79.0 Å². The maximum atomic E-state index is 12.3. The summed E-state index contributed by atoms with van der Waals surface area (Å²) >= 11 is 1.36. The Hall–Kier alpha value is -3.06. The second kappa shape index (κ2) is 9.43. The molecule has 2 aromatic carbocycles. The lowest BCUT2D eigenvalue weighted by molar-refractivity contribution is -0.113. The lowest BCUT2D eigenvalue weighted by Crippen LogP contribution is -2.14. The highest BCUT2D eigenvalue weighted by molar-refractivity contribution is 7.99. The summed E-state index contributed by atoms with van der Waals surface area (Å²) < 4.78 is 1.97. The summed E-state index contributed by atoms with van der Waals surface area (Å²) in [4.78, 5) is 14.4. The Morgan fingerprint density at radius 3 is 2.62 bits per heavy atom. The number of thioether (sulfide) groups is 1. The van der Waals surface area contributed by atoms with Gasteiger partial charge in [-0.3, -0.25) is 9.36 Å². The third-order valence-corrected chi connectivity index (χ3v) is 5.27. The van der Waals surface area contributed by atoms with E-state index >= 15 is 0 Å². The molecule has 1 aromatic heterocycles. The van der Waals surface area contributed by atoms with E-state index in [0.29, 0.717) is 11.7 Å². The first kappa shape index (κ1) is 20.7. The second-order valence-electron chi connectivity index (χ2n) is 6.85.